The maximum absolute atomic E-state index is 8.48. The Morgan fingerprint density at radius 1 is 1.50 bits per heavy atom. The van der Waals surface area contributed by atoms with Crippen LogP contribution in [-0.4, -0.2) is 11.4 Å². The van der Waals surface area contributed by atoms with Crippen LogP contribution >= 0.6 is 27.3 Å². The van der Waals surface area contributed by atoms with Crippen LogP contribution in [0.1, 0.15) is 10.4 Å². The number of aryl methyl sites for hydroxylation is 1. The first kappa shape index (κ1) is 9.68. The van der Waals surface area contributed by atoms with Crippen molar-refractivity contribution in [1.82, 2.24) is 0 Å². The van der Waals surface area contributed by atoms with Crippen LogP contribution in [0.4, 0.5) is 0 Å². The lowest BCUT2D eigenvalue weighted by Gasteiger charge is -1.91. The van der Waals surface area contributed by atoms with Crippen LogP contribution in [0.15, 0.2) is 27.8 Å². The second-order valence-corrected chi connectivity index (χ2v) is 4.90. The SMILES string of the molecule is Cc1ccc2c(Br)c(C=NO)sc2c1. The number of oxime groups is 1. The van der Waals surface area contributed by atoms with Gasteiger partial charge in [-0.05, 0) is 34.5 Å². The van der Waals surface area contributed by atoms with E-state index in [-0.39, 0.29) is 0 Å². The fraction of sp³-hybridized carbons (Fsp3) is 0.100. The Labute approximate surface area is 94.0 Å². The Hall–Kier alpha value is -0.870. The van der Waals surface area contributed by atoms with Crippen LogP contribution in [-0.2, 0) is 0 Å². The molecular weight excluding hydrogens is 262 g/mol. The standard InChI is InChI=1S/C10H8BrNOS/c1-6-2-3-7-8(4-6)14-9(5-12-13)10(7)11/h2-5,13H,1H3. The Balaban J connectivity index is 2.73. The molecule has 2 aromatic rings. The molecule has 0 spiro atoms. The molecule has 1 aromatic carbocycles. The van der Waals surface area contributed by atoms with Crippen molar-refractivity contribution in [2.75, 3.05) is 0 Å². The van der Waals surface area contributed by atoms with Gasteiger partial charge < -0.3 is 5.21 Å². The average molecular weight is 270 g/mol. The summed E-state index contributed by atoms with van der Waals surface area (Å²) in [5.41, 5.74) is 1.23. The van der Waals surface area contributed by atoms with Crippen LogP contribution in [0, 0.1) is 6.92 Å². The van der Waals surface area contributed by atoms with Crippen molar-refractivity contribution < 1.29 is 5.21 Å². The second-order valence-electron chi connectivity index (χ2n) is 3.02. The van der Waals surface area contributed by atoms with Crippen molar-refractivity contribution >= 4 is 43.6 Å². The first-order chi connectivity index (χ1) is 6.72. The summed E-state index contributed by atoms with van der Waals surface area (Å²) in [4.78, 5) is 0.938. The van der Waals surface area contributed by atoms with E-state index in [1.165, 1.54) is 16.5 Å². The molecule has 0 unspecified atom stereocenters. The molecule has 0 aliphatic rings. The van der Waals surface area contributed by atoms with E-state index in [2.05, 4.69) is 46.2 Å². The third-order valence-electron chi connectivity index (χ3n) is 1.98. The largest absolute Gasteiger partial charge is 0.411 e. The van der Waals surface area contributed by atoms with Crippen molar-refractivity contribution in [1.29, 1.82) is 0 Å². The first-order valence-corrected chi connectivity index (χ1v) is 5.69. The number of nitrogens with zero attached hydrogens (tertiary/aromatic N) is 1. The summed E-state index contributed by atoms with van der Waals surface area (Å²) < 4.78 is 2.20. The summed E-state index contributed by atoms with van der Waals surface area (Å²) in [6, 6.07) is 6.26. The lowest BCUT2D eigenvalue weighted by molar-refractivity contribution is 0.322. The molecule has 0 atom stereocenters. The van der Waals surface area contributed by atoms with Crippen molar-refractivity contribution in [3.63, 3.8) is 0 Å². The lowest BCUT2D eigenvalue weighted by atomic mass is 10.2. The summed E-state index contributed by atoms with van der Waals surface area (Å²) in [5, 5.41) is 12.7. The van der Waals surface area contributed by atoms with Crippen LogP contribution in [0.2, 0.25) is 0 Å². The molecular formula is C10H8BrNOS. The van der Waals surface area contributed by atoms with E-state index >= 15 is 0 Å². The van der Waals surface area contributed by atoms with E-state index in [1.54, 1.807) is 11.3 Å². The molecule has 0 radical (unpaired) electrons. The molecule has 1 aromatic heterocycles. The van der Waals surface area contributed by atoms with Gasteiger partial charge in [-0.3, -0.25) is 0 Å². The Morgan fingerprint density at radius 2 is 2.29 bits per heavy atom. The van der Waals surface area contributed by atoms with Crippen LogP contribution < -0.4 is 0 Å². The number of fused-ring (bicyclic) bond motifs is 1. The van der Waals surface area contributed by atoms with E-state index in [0.29, 0.717) is 0 Å². The van der Waals surface area contributed by atoms with E-state index in [9.17, 15) is 0 Å². The zero-order valence-corrected chi connectivity index (χ0v) is 9.89. The van der Waals surface area contributed by atoms with Gasteiger partial charge in [0, 0.05) is 14.6 Å². The van der Waals surface area contributed by atoms with Crippen molar-refractivity contribution in [2.45, 2.75) is 6.92 Å². The molecule has 4 heteroatoms. The van der Waals surface area contributed by atoms with Gasteiger partial charge >= 0.3 is 0 Å². The molecule has 0 saturated carbocycles. The fourth-order valence-electron chi connectivity index (χ4n) is 1.33. The highest BCUT2D eigenvalue weighted by Gasteiger charge is 2.07. The third kappa shape index (κ3) is 1.55. The predicted octanol–water partition coefficient (Wildman–Crippen LogP) is 3.78. The van der Waals surface area contributed by atoms with Gasteiger partial charge in [-0.25, -0.2) is 0 Å². The zero-order chi connectivity index (χ0) is 10.1. The molecule has 0 saturated heterocycles. The number of hydrogen-bond acceptors (Lipinski definition) is 3. The molecule has 0 fully saturated rings. The molecule has 14 heavy (non-hydrogen) atoms. The highest BCUT2D eigenvalue weighted by atomic mass is 79.9. The third-order valence-corrected chi connectivity index (χ3v) is 4.19. The summed E-state index contributed by atoms with van der Waals surface area (Å²) in [5.74, 6) is 0. The van der Waals surface area contributed by atoms with Crippen molar-refractivity contribution in [3.05, 3.63) is 33.1 Å². The van der Waals surface area contributed by atoms with Gasteiger partial charge in [0.25, 0.3) is 0 Å². The van der Waals surface area contributed by atoms with E-state index in [1.807, 2.05) is 0 Å². The van der Waals surface area contributed by atoms with E-state index in [0.717, 1.165) is 14.7 Å². The minimum Gasteiger partial charge on any atom is -0.411 e. The maximum atomic E-state index is 8.48. The number of benzene rings is 1. The molecule has 1 N–H and O–H groups in total. The predicted molar refractivity (Wildman–Crippen MR) is 63.6 cm³/mol. The van der Waals surface area contributed by atoms with E-state index in [4.69, 9.17) is 5.21 Å². The van der Waals surface area contributed by atoms with Gasteiger partial charge in [0.2, 0.25) is 0 Å². The molecule has 2 nitrogen and oxygen atoms in total. The number of rotatable bonds is 1. The van der Waals surface area contributed by atoms with Gasteiger partial charge in [-0.2, -0.15) is 0 Å². The first-order valence-electron chi connectivity index (χ1n) is 4.08. The minimum atomic E-state index is 0.938. The zero-order valence-electron chi connectivity index (χ0n) is 7.49. The van der Waals surface area contributed by atoms with Gasteiger partial charge in [0.05, 0.1) is 11.1 Å². The van der Waals surface area contributed by atoms with E-state index < -0.39 is 0 Å². The Bertz CT molecular complexity index is 504. The summed E-state index contributed by atoms with van der Waals surface area (Å²) in [6.45, 7) is 2.06. The van der Waals surface area contributed by atoms with Crippen molar-refractivity contribution in [2.24, 2.45) is 5.16 Å². The Kier molecular flexibility index (Phi) is 2.56. The number of thiophene rings is 1. The normalized spacial score (nSPS) is 11.6. The monoisotopic (exact) mass is 269 g/mol. The van der Waals surface area contributed by atoms with Crippen LogP contribution in [0.5, 0.6) is 0 Å². The molecule has 0 aliphatic heterocycles. The molecule has 0 aliphatic carbocycles. The second kappa shape index (κ2) is 3.71. The summed E-state index contributed by atoms with van der Waals surface area (Å²) in [6.07, 6.45) is 1.45. The highest BCUT2D eigenvalue weighted by Crippen LogP contribution is 2.34. The molecule has 2 rings (SSSR count). The van der Waals surface area contributed by atoms with Crippen LogP contribution in [0.25, 0.3) is 10.1 Å². The van der Waals surface area contributed by atoms with Crippen LogP contribution in [0.3, 0.4) is 0 Å². The van der Waals surface area contributed by atoms with Gasteiger partial charge in [-0.15, -0.1) is 11.3 Å². The van der Waals surface area contributed by atoms with Gasteiger partial charge in [0.15, 0.2) is 0 Å². The average Bonchev–Trinajstić information content (AvgIpc) is 2.44. The van der Waals surface area contributed by atoms with Gasteiger partial charge in [0.1, 0.15) is 0 Å². The maximum Gasteiger partial charge on any atom is 0.0845 e. The summed E-state index contributed by atoms with van der Waals surface area (Å²) in [7, 11) is 0. The lowest BCUT2D eigenvalue weighted by Crippen LogP contribution is -1.73. The molecule has 0 amide bonds. The number of halogens is 1. The molecule has 0 bridgehead atoms. The van der Waals surface area contributed by atoms with Gasteiger partial charge in [-0.1, -0.05) is 17.3 Å². The van der Waals surface area contributed by atoms with Crippen molar-refractivity contribution in [3.8, 4) is 0 Å². The smallest absolute Gasteiger partial charge is 0.0845 e. The number of hydrogen-bond donors (Lipinski definition) is 1. The fourth-order valence-corrected chi connectivity index (χ4v) is 3.21. The highest BCUT2D eigenvalue weighted by molar-refractivity contribution is 9.10. The quantitative estimate of drug-likeness (QED) is 0.477. The molecule has 72 valence electrons. The summed E-state index contributed by atoms with van der Waals surface area (Å²) >= 11 is 5.09. The topological polar surface area (TPSA) is 32.6 Å². The minimum absolute atomic E-state index is 0.938. The molecule has 1 heterocycles. The Morgan fingerprint density at radius 3 is 3.00 bits per heavy atom.